The van der Waals surface area contributed by atoms with Gasteiger partial charge in [0.15, 0.2) is 5.65 Å². The molecule has 1 aliphatic heterocycles. The normalized spacial score (nSPS) is 15.2. The van der Waals surface area contributed by atoms with Crippen LogP contribution in [0.5, 0.6) is 5.75 Å². The second-order valence-corrected chi connectivity index (χ2v) is 7.21. The van der Waals surface area contributed by atoms with E-state index in [-0.39, 0.29) is 12.2 Å². The molecule has 146 valence electrons. The van der Waals surface area contributed by atoms with Crippen LogP contribution in [0, 0.1) is 0 Å². The SMILES string of the molecule is O=c1[nH]cnc2c1c(-c1ccc(OCC3(O)COC3)cc1)cn2-c1ccccc1. The van der Waals surface area contributed by atoms with Gasteiger partial charge in [-0.15, -0.1) is 0 Å². The van der Waals surface area contributed by atoms with Crippen LogP contribution >= 0.6 is 0 Å². The van der Waals surface area contributed by atoms with Crippen LogP contribution in [-0.4, -0.2) is 45.1 Å². The zero-order valence-electron chi connectivity index (χ0n) is 15.5. The summed E-state index contributed by atoms with van der Waals surface area (Å²) in [5.74, 6) is 0.646. The van der Waals surface area contributed by atoms with Gasteiger partial charge in [-0.3, -0.25) is 4.79 Å². The third kappa shape index (κ3) is 3.20. The Morgan fingerprint density at radius 3 is 2.59 bits per heavy atom. The molecule has 0 radical (unpaired) electrons. The maximum absolute atomic E-state index is 12.6. The van der Waals surface area contributed by atoms with Crippen molar-refractivity contribution in [2.24, 2.45) is 0 Å². The average Bonchev–Trinajstić information content (AvgIpc) is 3.13. The van der Waals surface area contributed by atoms with Crippen molar-refractivity contribution in [1.82, 2.24) is 14.5 Å². The van der Waals surface area contributed by atoms with E-state index in [4.69, 9.17) is 9.47 Å². The van der Waals surface area contributed by atoms with Gasteiger partial charge in [0.25, 0.3) is 5.56 Å². The Bertz CT molecular complexity index is 1210. The van der Waals surface area contributed by atoms with E-state index in [9.17, 15) is 9.90 Å². The number of fused-ring (bicyclic) bond motifs is 1. The minimum Gasteiger partial charge on any atom is -0.490 e. The van der Waals surface area contributed by atoms with Crippen molar-refractivity contribution in [1.29, 1.82) is 0 Å². The number of nitrogens with one attached hydrogen (secondary N) is 1. The Kier molecular flexibility index (Phi) is 4.19. The topological polar surface area (TPSA) is 89.4 Å². The zero-order valence-corrected chi connectivity index (χ0v) is 15.5. The fourth-order valence-electron chi connectivity index (χ4n) is 3.44. The maximum atomic E-state index is 12.6. The molecule has 2 aromatic heterocycles. The minimum atomic E-state index is -0.902. The summed E-state index contributed by atoms with van der Waals surface area (Å²) in [5, 5.41) is 10.6. The first-order valence-electron chi connectivity index (χ1n) is 9.31. The highest BCUT2D eigenvalue weighted by atomic mass is 16.6. The fraction of sp³-hybridized carbons (Fsp3) is 0.182. The van der Waals surface area contributed by atoms with Gasteiger partial charge in [-0.1, -0.05) is 30.3 Å². The van der Waals surface area contributed by atoms with E-state index in [0.717, 1.165) is 16.8 Å². The van der Waals surface area contributed by atoms with Crippen molar-refractivity contribution in [3.8, 4) is 22.6 Å². The summed E-state index contributed by atoms with van der Waals surface area (Å²) in [7, 11) is 0. The van der Waals surface area contributed by atoms with E-state index in [0.29, 0.717) is 30.0 Å². The number of H-pyrrole nitrogens is 1. The highest BCUT2D eigenvalue weighted by molar-refractivity contribution is 5.94. The van der Waals surface area contributed by atoms with Gasteiger partial charge in [-0.05, 0) is 29.8 Å². The number of para-hydroxylation sites is 1. The van der Waals surface area contributed by atoms with Crippen LogP contribution in [0.15, 0.2) is 71.9 Å². The van der Waals surface area contributed by atoms with Crippen molar-refractivity contribution >= 4 is 11.0 Å². The first kappa shape index (κ1) is 17.7. The predicted molar refractivity (Wildman–Crippen MR) is 108 cm³/mol. The van der Waals surface area contributed by atoms with Crippen molar-refractivity contribution < 1.29 is 14.6 Å². The molecule has 0 bridgehead atoms. The molecule has 0 saturated carbocycles. The lowest BCUT2D eigenvalue weighted by molar-refractivity contribution is -0.192. The Morgan fingerprint density at radius 2 is 1.90 bits per heavy atom. The molecule has 7 heteroatoms. The Balaban J connectivity index is 1.52. The molecule has 5 rings (SSSR count). The number of benzene rings is 2. The molecule has 0 unspecified atom stereocenters. The van der Waals surface area contributed by atoms with Gasteiger partial charge in [0.1, 0.15) is 18.0 Å². The van der Waals surface area contributed by atoms with Gasteiger partial charge >= 0.3 is 0 Å². The fourth-order valence-corrected chi connectivity index (χ4v) is 3.44. The van der Waals surface area contributed by atoms with Crippen molar-refractivity contribution in [3.63, 3.8) is 0 Å². The summed E-state index contributed by atoms with van der Waals surface area (Å²) >= 11 is 0. The summed E-state index contributed by atoms with van der Waals surface area (Å²) in [4.78, 5) is 19.6. The van der Waals surface area contributed by atoms with Crippen molar-refractivity contribution in [2.75, 3.05) is 19.8 Å². The lowest BCUT2D eigenvalue weighted by Gasteiger charge is -2.35. The number of hydrogen-bond acceptors (Lipinski definition) is 5. The van der Waals surface area contributed by atoms with E-state index in [1.807, 2.05) is 65.4 Å². The standard InChI is InChI=1S/C22H19N3O4/c26-21-19-18(10-25(20(19)23-14-24-21)16-4-2-1-3-5-16)15-6-8-17(9-7-15)29-13-22(27)11-28-12-22/h1-10,14,27H,11-13H2,(H,23,24,26). The molecule has 3 heterocycles. The second-order valence-electron chi connectivity index (χ2n) is 7.21. The van der Waals surface area contributed by atoms with Crippen LogP contribution in [0.2, 0.25) is 0 Å². The molecule has 2 N–H and O–H groups in total. The molecular formula is C22H19N3O4. The van der Waals surface area contributed by atoms with Crippen LogP contribution in [0.3, 0.4) is 0 Å². The van der Waals surface area contributed by atoms with Gasteiger partial charge in [-0.25, -0.2) is 4.98 Å². The molecular weight excluding hydrogens is 370 g/mol. The van der Waals surface area contributed by atoms with Crippen LogP contribution in [-0.2, 0) is 4.74 Å². The number of aromatic amines is 1. The number of hydrogen-bond donors (Lipinski definition) is 2. The minimum absolute atomic E-state index is 0.184. The highest BCUT2D eigenvalue weighted by Gasteiger charge is 2.37. The maximum Gasteiger partial charge on any atom is 0.260 e. The number of aromatic nitrogens is 3. The van der Waals surface area contributed by atoms with E-state index in [1.165, 1.54) is 6.33 Å². The molecule has 0 atom stereocenters. The molecule has 7 nitrogen and oxygen atoms in total. The first-order chi connectivity index (χ1) is 14.1. The average molecular weight is 389 g/mol. The van der Waals surface area contributed by atoms with E-state index < -0.39 is 5.60 Å². The van der Waals surface area contributed by atoms with E-state index >= 15 is 0 Å². The third-order valence-electron chi connectivity index (χ3n) is 5.04. The molecule has 1 aliphatic rings. The summed E-state index contributed by atoms with van der Waals surface area (Å²) < 4.78 is 12.6. The smallest absolute Gasteiger partial charge is 0.260 e. The van der Waals surface area contributed by atoms with Gasteiger partial charge < -0.3 is 24.1 Å². The van der Waals surface area contributed by atoms with Crippen molar-refractivity contribution in [2.45, 2.75) is 5.60 Å². The molecule has 1 fully saturated rings. The first-order valence-corrected chi connectivity index (χ1v) is 9.31. The number of nitrogens with zero attached hydrogens (tertiary/aromatic N) is 2. The van der Waals surface area contributed by atoms with E-state index in [2.05, 4.69) is 9.97 Å². The van der Waals surface area contributed by atoms with Gasteiger partial charge in [0.2, 0.25) is 0 Å². The van der Waals surface area contributed by atoms with E-state index in [1.54, 1.807) is 0 Å². The molecule has 29 heavy (non-hydrogen) atoms. The Labute approximate surface area is 166 Å². The van der Waals surface area contributed by atoms with Gasteiger partial charge in [0.05, 0.1) is 24.9 Å². The second kappa shape index (κ2) is 6.88. The monoisotopic (exact) mass is 389 g/mol. The molecule has 4 aromatic rings. The number of ether oxygens (including phenoxy) is 2. The molecule has 0 aliphatic carbocycles. The van der Waals surface area contributed by atoms with Crippen LogP contribution < -0.4 is 10.3 Å². The summed E-state index contributed by atoms with van der Waals surface area (Å²) in [6.45, 7) is 0.767. The predicted octanol–water partition coefficient (Wildman–Crippen LogP) is 2.52. The molecule has 1 saturated heterocycles. The zero-order chi connectivity index (χ0) is 19.8. The lowest BCUT2D eigenvalue weighted by Crippen LogP contribution is -2.53. The van der Waals surface area contributed by atoms with Crippen molar-refractivity contribution in [3.05, 3.63) is 77.5 Å². The summed E-state index contributed by atoms with van der Waals surface area (Å²) in [5.41, 5.74) is 2.10. The molecule has 0 spiro atoms. The van der Waals surface area contributed by atoms with Gasteiger partial charge in [0, 0.05) is 17.4 Å². The highest BCUT2D eigenvalue weighted by Crippen LogP contribution is 2.31. The Morgan fingerprint density at radius 1 is 1.14 bits per heavy atom. The largest absolute Gasteiger partial charge is 0.490 e. The number of rotatable bonds is 5. The Hall–Kier alpha value is -3.42. The molecule has 2 aromatic carbocycles. The third-order valence-corrected chi connectivity index (χ3v) is 5.04. The summed E-state index contributed by atoms with van der Waals surface area (Å²) in [6.07, 6.45) is 3.34. The van der Waals surface area contributed by atoms with Gasteiger partial charge in [-0.2, -0.15) is 0 Å². The van der Waals surface area contributed by atoms with Crippen LogP contribution in [0.1, 0.15) is 0 Å². The van der Waals surface area contributed by atoms with Crippen LogP contribution in [0.25, 0.3) is 27.8 Å². The summed E-state index contributed by atoms with van der Waals surface area (Å²) in [6, 6.07) is 17.2. The quantitative estimate of drug-likeness (QED) is 0.548. The molecule has 0 amide bonds. The van der Waals surface area contributed by atoms with Crippen LogP contribution in [0.4, 0.5) is 0 Å². The lowest BCUT2D eigenvalue weighted by atomic mass is 10.0. The number of aliphatic hydroxyl groups is 1.